The Hall–Kier alpha value is -4.13. The number of benzene rings is 3. The van der Waals surface area contributed by atoms with Crippen molar-refractivity contribution in [2.45, 2.75) is 32.7 Å². The standard InChI is InChI=1S/C29H30N2O5/c1-3-35-25-15-14-21(19-26(25)36-4-2)16-17-30-27(32)24(18-20-10-6-5-7-11-20)31-28(33)22-12-8-9-13-23(22)29(31)34/h5-15,19,24H,3-4,16-18H2,1-2H3,(H,30,32)/t24-/m1/s1. The van der Waals surface area contributed by atoms with Gasteiger partial charge in [-0.25, -0.2) is 0 Å². The lowest BCUT2D eigenvalue weighted by molar-refractivity contribution is -0.125. The predicted molar refractivity (Wildman–Crippen MR) is 136 cm³/mol. The molecule has 0 saturated carbocycles. The second kappa shape index (κ2) is 11.5. The molecule has 3 aromatic rings. The zero-order valence-electron chi connectivity index (χ0n) is 20.5. The summed E-state index contributed by atoms with van der Waals surface area (Å²) in [6, 6.07) is 20.8. The van der Waals surface area contributed by atoms with Crippen LogP contribution >= 0.6 is 0 Å². The summed E-state index contributed by atoms with van der Waals surface area (Å²) in [5, 5.41) is 2.93. The van der Waals surface area contributed by atoms with Crippen molar-refractivity contribution in [3.8, 4) is 11.5 Å². The first-order chi connectivity index (χ1) is 17.5. The molecule has 0 unspecified atom stereocenters. The fourth-order valence-corrected chi connectivity index (χ4v) is 4.33. The van der Waals surface area contributed by atoms with Crippen LogP contribution in [0.25, 0.3) is 0 Å². The number of hydrogen-bond donors (Lipinski definition) is 1. The van der Waals surface area contributed by atoms with Crippen LogP contribution in [0.2, 0.25) is 0 Å². The number of ether oxygens (including phenoxy) is 2. The first kappa shape index (κ1) is 25.0. The molecular weight excluding hydrogens is 456 g/mol. The highest BCUT2D eigenvalue weighted by molar-refractivity contribution is 6.22. The largest absolute Gasteiger partial charge is 0.490 e. The Morgan fingerprint density at radius 1 is 0.806 bits per heavy atom. The molecule has 0 radical (unpaired) electrons. The van der Waals surface area contributed by atoms with Gasteiger partial charge in [-0.3, -0.25) is 19.3 Å². The summed E-state index contributed by atoms with van der Waals surface area (Å²) in [5.74, 6) is 0.0836. The van der Waals surface area contributed by atoms with E-state index >= 15 is 0 Å². The molecule has 0 aromatic heterocycles. The van der Waals surface area contributed by atoms with Crippen molar-refractivity contribution in [1.82, 2.24) is 10.2 Å². The first-order valence-corrected chi connectivity index (χ1v) is 12.2. The van der Waals surface area contributed by atoms with E-state index in [1.165, 1.54) is 0 Å². The number of rotatable bonds is 11. The molecule has 1 aliphatic rings. The van der Waals surface area contributed by atoms with E-state index in [2.05, 4.69) is 5.32 Å². The van der Waals surface area contributed by atoms with Gasteiger partial charge in [0.25, 0.3) is 11.8 Å². The molecule has 0 bridgehead atoms. The summed E-state index contributed by atoms with van der Waals surface area (Å²) in [7, 11) is 0. The van der Waals surface area contributed by atoms with Crippen LogP contribution in [0.5, 0.6) is 11.5 Å². The highest BCUT2D eigenvalue weighted by Crippen LogP contribution is 2.29. The van der Waals surface area contributed by atoms with Crippen molar-refractivity contribution in [3.05, 3.63) is 95.1 Å². The van der Waals surface area contributed by atoms with Crippen molar-refractivity contribution >= 4 is 17.7 Å². The van der Waals surface area contributed by atoms with E-state index in [-0.39, 0.29) is 12.3 Å². The average Bonchev–Trinajstić information content (AvgIpc) is 3.14. The number of imide groups is 1. The summed E-state index contributed by atoms with van der Waals surface area (Å²) in [6.45, 7) is 5.22. The second-order valence-corrected chi connectivity index (χ2v) is 8.42. The van der Waals surface area contributed by atoms with Crippen LogP contribution < -0.4 is 14.8 Å². The third-order valence-electron chi connectivity index (χ3n) is 6.03. The van der Waals surface area contributed by atoms with Crippen molar-refractivity contribution in [1.29, 1.82) is 0 Å². The molecule has 7 nitrogen and oxygen atoms in total. The van der Waals surface area contributed by atoms with Gasteiger partial charge < -0.3 is 14.8 Å². The van der Waals surface area contributed by atoms with E-state index in [1.54, 1.807) is 24.3 Å². The van der Waals surface area contributed by atoms with Crippen LogP contribution in [0.15, 0.2) is 72.8 Å². The lowest BCUT2D eigenvalue weighted by Crippen LogP contribution is -2.51. The van der Waals surface area contributed by atoms with Crippen molar-refractivity contribution < 1.29 is 23.9 Å². The number of hydrogen-bond acceptors (Lipinski definition) is 5. The molecule has 1 atom stereocenters. The van der Waals surface area contributed by atoms with E-state index in [0.29, 0.717) is 48.8 Å². The lowest BCUT2D eigenvalue weighted by atomic mass is 10.0. The number of nitrogens with one attached hydrogen (secondary N) is 1. The lowest BCUT2D eigenvalue weighted by Gasteiger charge is -2.25. The molecule has 36 heavy (non-hydrogen) atoms. The molecule has 0 spiro atoms. The summed E-state index contributed by atoms with van der Waals surface area (Å²) < 4.78 is 11.3. The fraction of sp³-hybridized carbons (Fsp3) is 0.276. The Bertz CT molecular complexity index is 1210. The smallest absolute Gasteiger partial charge is 0.262 e. The Kier molecular flexibility index (Phi) is 8.00. The van der Waals surface area contributed by atoms with Crippen LogP contribution in [0, 0.1) is 0 Å². The highest BCUT2D eigenvalue weighted by atomic mass is 16.5. The summed E-state index contributed by atoms with van der Waals surface area (Å²) >= 11 is 0. The zero-order valence-corrected chi connectivity index (χ0v) is 20.5. The van der Waals surface area contributed by atoms with Gasteiger partial charge in [-0.15, -0.1) is 0 Å². The van der Waals surface area contributed by atoms with Gasteiger partial charge in [-0.1, -0.05) is 48.5 Å². The number of carbonyl (C=O) groups excluding carboxylic acids is 3. The number of fused-ring (bicyclic) bond motifs is 1. The SMILES string of the molecule is CCOc1ccc(CCNC(=O)[C@@H](Cc2ccccc2)N2C(=O)c3ccccc3C2=O)cc1OCC. The maximum atomic E-state index is 13.4. The third-order valence-corrected chi connectivity index (χ3v) is 6.03. The topological polar surface area (TPSA) is 84.9 Å². The van der Waals surface area contributed by atoms with Crippen LogP contribution in [0.3, 0.4) is 0 Å². The van der Waals surface area contributed by atoms with Gasteiger partial charge in [0, 0.05) is 13.0 Å². The van der Waals surface area contributed by atoms with E-state index in [9.17, 15) is 14.4 Å². The number of amides is 3. The average molecular weight is 487 g/mol. The predicted octanol–water partition coefficient (Wildman–Crippen LogP) is 4.05. The van der Waals surface area contributed by atoms with E-state index < -0.39 is 17.9 Å². The van der Waals surface area contributed by atoms with E-state index in [4.69, 9.17) is 9.47 Å². The van der Waals surface area contributed by atoms with Gasteiger partial charge in [-0.05, 0) is 55.7 Å². The molecule has 186 valence electrons. The molecular formula is C29H30N2O5. The minimum Gasteiger partial charge on any atom is -0.490 e. The Balaban J connectivity index is 1.49. The second-order valence-electron chi connectivity index (χ2n) is 8.42. The van der Waals surface area contributed by atoms with Gasteiger partial charge in [0.2, 0.25) is 5.91 Å². The molecule has 3 amide bonds. The van der Waals surface area contributed by atoms with Crippen molar-refractivity contribution in [3.63, 3.8) is 0 Å². The summed E-state index contributed by atoms with van der Waals surface area (Å²) in [4.78, 5) is 40.7. The van der Waals surface area contributed by atoms with Crippen LogP contribution in [0.4, 0.5) is 0 Å². The van der Waals surface area contributed by atoms with Gasteiger partial charge in [-0.2, -0.15) is 0 Å². The third kappa shape index (κ3) is 5.40. The Labute approximate surface area is 211 Å². The minimum atomic E-state index is -0.959. The van der Waals surface area contributed by atoms with Crippen molar-refractivity contribution in [2.75, 3.05) is 19.8 Å². The molecule has 1 heterocycles. The maximum absolute atomic E-state index is 13.4. The van der Waals surface area contributed by atoms with Gasteiger partial charge in [0.1, 0.15) is 6.04 Å². The molecule has 4 rings (SSSR count). The van der Waals surface area contributed by atoms with Crippen LogP contribution in [-0.2, 0) is 17.6 Å². The zero-order chi connectivity index (χ0) is 25.5. The molecule has 0 fully saturated rings. The molecule has 1 N–H and O–H groups in total. The van der Waals surface area contributed by atoms with Crippen LogP contribution in [0.1, 0.15) is 45.7 Å². The van der Waals surface area contributed by atoms with Crippen molar-refractivity contribution in [2.24, 2.45) is 0 Å². The van der Waals surface area contributed by atoms with Gasteiger partial charge in [0.15, 0.2) is 11.5 Å². The Morgan fingerprint density at radius 2 is 1.42 bits per heavy atom. The highest BCUT2D eigenvalue weighted by Gasteiger charge is 2.42. The molecule has 3 aromatic carbocycles. The quantitative estimate of drug-likeness (QED) is 0.414. The fourth-order valence-electron chi connectivity index (χ4n) is 4.33. The maximum Gasteiger partial charge on any atom is 0.262 e. The van der Waals surface area contributed by atoms with E-state index in [1.807, 2.05) is 62.4 Å². The van der Waals surface area contributed by atoms with Crippen LogP contribution in [-0.4, -0.2) is 48.4 Å². The molecule has 0 aliphatic carbocycles. The molecule has 7 heteroatoms. The normalized spacial score (nSPS) is 13.3. The summed E-state index contributed by atoms with van der Waals surface area (Å²) in [5.41, 5.74) is 2.49. The first-order valence-electron chi connectivity index (χ1n) is 12.2. The summed E-state index contributed by atoms with van der Waals surface area (Å²) in [6.07, 6.45) is 0.786. The van der Waals surface area contributed by atoms with E-state index in [0.717, 1.165) is 16.0 Å². The Morgan fingerprint density at radius 3 is 2.06 bits per heavy atom. The number of nitrogens with zero attached hydrogens (tertiary/aromatic N) is 1. The number of carbonyl (C=O) groups is 3. The van der Waals surface area contributed by atoms with Gasteiger partial charge >= 0.3 is 0 Å². The van der Waals surface area contributed by atoms with Gasteiger partial charge in [0.05, 0.1) is 24.3 Å². The monoisotopic (exact) mass is 486 g/mol. The molecule has 1 aliphatic heterocycles. The minimum absolute atomic E-state index is 0.232. The molecule has 0 saturated heterocycles.